The van der Waals surface area contributed by atoms with Crippen LogP contribution in [-0.2, 0) is 9.59 Å². The molecule has 10 atom stereocenters. The largest absolute Gasteiger partial charge is 1.00 e. The molecule has 0 aromatic heterocycles. The summed E-state index contributed by atoms with van der Waals surface area (Å²) in [6.45, 7) is 6.70. The van der Waals surface area contributed by atoms with Crippen molar-refractivity contribution >= 4 is 11.9 Å². The van der Waals surface area contributed by atoms with E-state index in [9.17, 15) is 24.9 Å². The van der Waals surface area contributed by atoms with Gasteiger partial charge in [-0.3, -0.25) is 4.79 Å². The van der Waals surface area contributed by atoms with Crippen molar-refractivity contribution in [3.8, 4) is 0 Å². The summed E-state index contributed by atoms with van der Waals surface area (Å²) in [6, 6.07) is 0. The van der Waals surface area contributed by atoms with E-state index in [-0.39, 0.29) is 80.3 Å². The van der Waals surface area contributed by atoms with Crippen molar-refractivity contribution < 1.29 is 76.3 Å². The second-order valence-corrected chi connectivity index (χ2v) is 12.1. The molecule has 4 rings (SSSR count). The van der Waals surface area contributed by atoms with Crippen LogP contribution in [-0.4, -0.2) is 40.8 Å². The summed E-state index contributed by atoms with van der Waals surface area (Å²) in [7, 11) is 0. The van der Waals surface area contributed by atoms with Gasteiger partial charge < -0.3 is 25.4 Å². The molecule has 7 heteroatoms. The van der Waals surface area contributed by atoms with Crippen LogP contribution in [0.5, 0.6) is 0 Å². The molecule has 4 aliphatic carbocycles. The molecule has 4 saturated carbocycles. The standard InChI is InChI=1S/C26H43NO5.K/c1-15(4-7-22(30)27-14-23(31)32)18-5-6-19-24-20(9-11-26(18,19)3)25(2)10-8-17(28)12-16(25)13-21(24)29;/h15-21,24,28-29H,4-14H2,1-3H3,(H,27,30)(H,31,32);/q;+1/p-1/t15-,16+,17-,18-,19+,20+,21+,24+,25+,26-;/m1./s1. The maximum Gasteiger partial charge on any atom is 1.00 e. The first kappa shape index (κ1) is 28.1. The summed E-state index contributed by atoms with van der Waals surface area (Å²) in [5, 5.41) is 34.5. The number of hydrogen-bond acceptors (Lipinski definition) is 5. The molecule has 4 fully saturated rings. The fourth-order valence-corrected chi connectivity index (χ4v) is 8.99. The molecular formula is C26H42KNO5. The molecular weight excluding hydrogens is 445 g/mol. The van der Waals surface area contributed by atoms with Crippen LogP contribution < -0.4 is 61.8 Å². The topological polar surface area (TPSA) is 110 Å². The number of hydrogen-bond donors (Lipinski definition) is 3. The minimum atomic E-state index is -1.26. The second-order valence-electron chi connectivity index (χ2n) is 12.1. The van der Waals surface area contributed by atoms with E-state index in [1.165, 1.54) is 6.42 Å². The van der Waals surface area contributed by atoms with Crippen molar-refractivity contribution in [2.24, 2.45) is 46.3 Å². The number of carboxylic acid groups (broad SMARTS) is 1. The van der Waals surface area contributed by atoms with Gasteiger partial charge in [-0.25, -0.2) is 0 Å². The zero-order valence-corrected chi connectivity index (χ0v) is 24.1. The molecule has 0 aliphatic heterocycles. The summed E-state index contributed by atoms with van der Waals surface area (Å²) in [5.74, 6) is 1.31. The second kappa shape index (κ2) is 10.9. The van der Waals surface area contributed by atoms with E-state index in [0.717, 1.165) is 51.4 Å². The Kier molecular flexibility index (Phi) is 9.23. The van der Waals surface area contributed by atoms with Crippen LogP contribution >= 0.6 is 0 Å². The van der Waals surface area contributed by atoms with Crippen molar-refractivity contribution in [3.63, 3.8) is 0 Å². The van der Waals surface area contributed by atoms with Crippen LogP contribution in [0.4, 0.5) is 0 Å². The molecule has 0 aromatic rings. The molecule has 4 aliphatic rings. The van der Waals surface area contributed by atoms with Gasteiger partial charge >= 0.3 is 51.4 Å². The number of nitrogens with one attached hydrogen (secondary N) is 1. The number of amides is 1. The third-order valence-corrected chi connectivity index (χ3v) is 10.7. The van der Waals surface area contributed by atoms with Gasteiger partial charge in [-0.1, -0.05) is 20.8 Å². The number of rotatable bonds is 6. The molecule has 0 unspecified atom stereocenters. The molecule has 3 N–H and O–H groups in total. The molecule has 0 aromatic carbocycles. The molecule has 0 bridgehead atoms. The third kappa shape index (κ3) is 5.30. The molecule has 0 spiro atoms. The number of carbonyl (C=O) groups is 2. The van der Waals surface area contributed by atoms with Crippen molar-refractivity contribution in [1.82, 2.24) is 5.32 Å². The number of carboxylic acids is 1. The first-order chi connectivity index (χ1) is 15.1. The van der Waals surface area contributed by atoms with Gasteiger partial charge in [-0.05, 0) is 104 Å². The van der Waals surface area contributed by atoms with E-state index in [1.807, 2.05) is 0 Å². The molecule has 0 saturated heterocycles. The minimum absolute atomic E-state index is 0. The van der Waals surface area contributed by atoms with E-state index in [0.29, 0.717) is 41.9 Å². The van der Waals surface area contributed by atoms with Crippen molar-refractivity contribution in [2.45, 2.75) is 97.2 Å². The van der Waals surface area contributed by atoms with Gasteiger partial charge in [-0.2, -0.15) is 0 Å². The summed E-state index contributed by atoms with van der Waals surface area (Å²) >= 11 is 0. The quantitative estimate of drug-likeness (QED) is 0.428. The average molecular weight is 488 g/mol. The van der Waals surface area contributed by atoms with Gasteiger partial charge in [0.1, 0.15) is 0 Å². The number of carbonyl (C=O) groups excluding carboxylic acids is 2. The Bertz CT molecular complexity index is 733. The van der Waals surface area contributed by atoms with E-state index in [4.69, 9.17) is 0 Å². The molecule has 0 radical (unpaired) electrons. The summed E-state index contributed by atoms with van der Waals surface area (Å²) in [5.41, 5.74) is 0.436. The third-order valence-electron chi connectivity index (χ3n) is 10.7. The van der Waals surface area contributed by atoms with E-state index >= 15 is 0 Å². The summed E-state index contributed by atoms with van der Waals surface area (Å²) in [4.78, 5) is 22.6. The fourth-order valence-electron chi connectivity index (χ4n) is 8.99. The zero-order valence-electron chi connectivity index (χ0n) is 21.0. The predicted molar refractivity (Wildman–Crippen MR) is 119 cm³/mol. The van der Waals surface area contributed by atoms with Gasteiger partial charge in [0.2, 0.25) is 5.91 Å². The van der Waals surface area contributed by atoms with Gasteiger partial charge in [0.25, 0.3) is 0 Å². The maximum atomic E-state index is 12.0. The average Bonchev–Trinajstić information content (AvgIpc) is 3.09. The first-order valence-corrected chi connectivity index (χ1v) is 12.9. The number of aliphatic hydroxyl groups is 2. The van der Waals surface area contributed by atoms with E-state index < -0.39 is 12.5 Å². The Hall–Kier alpha value is 0.496. The Morgan fingerprint density at radius 3 is 2.39 bits per heavy atom. The van der Waals surface area contributed by atoms with Crippen molar-refractivity contribution in [1.29, 1.82) is 0 Å². The van der Waals surface area contributed by atoms with Crippen LogP contribution in [0.2, 0.25) is 0 Å². The molecule has 1 amide bonds. The van der Waals surface area contributed by atoms with Crippen LogP contribution in [0.1, 0.15) is 85.0 Å². The number of aliphatic hydroxyl groups excluding tert-OH is 2. The van der Waals surface area contributed by atoms with Gasteiger partial charge in [0, 0.05) is 6.42 Å². The molecule has 33 heavy (non-hydrogen) atoms. The van der Waals surface area contributed by atoms with Gasteiger partial charge in [-0.15, -0.1) is 0 Å². The first-order valence-electron chi connectivity index (χ1n) is 12.9. The van der Waals surface area contributed by atoms with Crippen molar-refractivity contribution in [2.75, 3.05) is 6.54 Å². The Morgan fingerprint density at radius 1 is 1.03 bits per heavy atom. The summed E-state index contributed by atoms with van der Waals surface area (Å²) < 4.78 is 0. The van der Waals surface area contributed by atoms with Gasteiger partial charge in [0.15, 0.2) is 0 Å². The Balaban J connectivity index is 0.00000306. The molecule has 182 valence electrons. The predicted octanol–water partition coefficient (Wildman–Crippen LogP) is -0.737. The number of fused-ring (bicyclic) bond motifs is 5. The molecule has 6 nitrogen and oxygen atoms in total. The SMILES string of the molecule is C[C@H](CCC(=O)NCC(=O)[O-])[C@H]1CC[C@H]2[C@@H]3[C@@H](O)C[C@@H]4C[C@H](O)CC[C@]4(C)[C@H]3CC[C@]12C.[K+]. The smallest absolute Gasteiger partial charge is 0.548 e. The van der Waals surface area contributed by atoms with Crippen LogP contribution in [0.25, 0.3) is 0 Å². The zero-order chi connectivity index (χ0) is 23.3. The summed E-state index contributed by atoms with van der Waals surface area (Å²) in [6.07, 6.45) is 8.95. The number of aliphatic carboxylic acids is 1. The normalized spacial score (nSPS) is 45.1. The van der Waals surface area contributed by atoms with E-state index in [1.54, 1.807) is 0 Å². The fraction of sp³-hybridized carbons (Fsp3) is 0.923. The van der Waals surface area contributed by atoms with Gasteiger partial charge in [0.05, 0.1) is 24.7 Å². The van der Waals surface area contributed by atoms with Crippen LogP contribution in [0.15, 0.2) is 0 Å². The Morgan fingerprint density at radius 2 is 1.70 bits per heavy atom. The van der Waals surface area contributed by atoms with Crippen LogP contribution in [0.3, 0.4) is 0 Å². The van der Waals surface area contributed by atoms with E-state index in [2.05, 4.69) is 26.1 Å². The Labute approximate surface area is 241 Å². The monoisotopic (exact) mass is 487 g/mol. The molecule has 0 heterocycles. The van der Waals surface area contributed by atoms with Crippen LogP contribution in [0, 0.1) is 46.3 Å². The minimum Gasteiger partial charge on any atom is -0.548 e. The van der Waals surface area contributed by atoms with Crippen molar-refractivity contribution in [3.05, 3.63) is 0 Å². The maximum absolute atomic E-state index is 12.0.